The van der Waals surface area contributed by atoms with Crippen molar-refractivity contribution < 1.29 is 49.2 Å². The van der Waals surface area contributed by atoms with Gasteiger partial charge in [0.25, 0.3) is 0 Å². The fourth-order valence-electron chi connectivity index (χ4n) is 3.24. The van der Waals surface area contributed by atoms with E-state index in [-0.39, 0.29) is 11.1 Å². The summed E-state index contributed by atoms with van der Waals surface area (Å²) in [5.41, 5.74) is -5.29. The van der Waals surface area contributed by atoms with E-state index in [1.54, 1.807) is 0 Å². The number of rotatable bonds is 9. The van der Waals surface area contributed by atoms with Gasteiger partial charge in [-0.1, -0.05) is 24.3 Å². The van der Waals surface area contributed by atoms with E-state index in [1.807, 2.05) is 0 Å². The summed E-state index contributed by atoms with van der Waals surface area (Å²) in [6.07, 6.45) is -0.571. The zero-order valence-corrected chi connectivity index (χ0v) is 15.1. The summed E-state index contributed by atoms with van der Waals surface area (Å²) in [7, 11) is 0. The number of aromatic carboxylic acids is 2. The van der Waals surface area contributed by atoms with Crippen LogP contribution in [0.2, 0.25) is 0 Å². The van der Waals surface area contributed by atoms with Crippen LogP contribution in [0.1, 0.15) is 59.0 Å². The molecule has 0 aliphatic carbocycles. The van der Waals surface area contributed by atoms with Crippen LogP contribution in [0, 0.1) is 0 Å². The maximum atomic E-state index is 12.4. The Morgan fingerprint density at radius 1 is 0.733 bits per heavy atom. The minimum atomic E-state index is -2.64. The first-order valence-corrected chi connectivity index (χ1v) is 8.19. The van der Waals surface area contributed by atoms with Gasteiger partial charge >= 0.3 is 23.9 Å². The monoisotopic (exact) mass is 414 g/mol. The molecule has 0 amide bonds. The van der Waals surface area contributed by atoms with Gasteiger partial charge in [-0.25, -0.2) is 9.59 Å². The summed E-state index contributed by atoms with van der Waals surface area (Å²) in [6, 6.07) is 5.84. The smallest absolute Gasteiger partial charge is 0.336 e. The van der Waals surface area contributed by atoms with Crippen molar-refractivity contribution >= 4 is 36.4 Å². The molecule has 0 aromatic heterocycles. The van der Waals surface area contributed by atoms with Gasteiger partial charge in [-0.05, 0) is 23.3 Å². The van der Waals surface area contributed by atoms with Crippen LogP contribution < -0.4 is 0 Å². The number of hydrogen-bond acceptors (Lipinski definition) is 6. The molecule has 0 fully saturated rings. The average molecular weight is 414 g/mol. The fourth-order valence-corrected chi connectivity index (χ4v) is 3.24. The number of carboxylic acids is 4. The van der Waals surface area contributed by atoms with Crippen LogP contribution in [0.4, 0.5) is 0 Å². The van der Waals surface area contributed by atoms with Crippen molar-refractivity contribution in [1.29, 1.82) is 0 Å². The van der Waals surface area contributed by atoms with Crippen molar-refractivity contribution in [2.24, 2.45) is 0 Å². The van der Waals surface area contributed by atoms with E-state index in [9.17, 15) is 49.2 Å². The fraction of sp³-hybridized carbons (Fsp3) is 0.100. The lowest BCUT2D eigenvalue weighted by atomic mass is 9.68. The highest BCUT2D eigenvalue weighted by Crippen LogP contribution is 2.40. The Labute approximate surface area is 168 Å². The van der Waals surface area contributed by atoms with Gasteiger partial charge in [0.05, 0.1) is 17.5 Å². The summed E-state index contributed by atoms with van der Waals surface area (Å²) < 4.78 is 0. The third-order valence-corrected chi connectivity index (χ3v) is 4.52. The number of carbonyl (C=O) groups excluding carboxylic acids is 2. The molecule has 0 unspecified atom stereocenters. The van der Waals surface area contributed by atoms with Crippen molar-refractivity contribution in [2.75, 3.05) is 0 Å². The molecular weight excluding hydrogens is 400 g/mol. The molecule has 0 saturated heterocycles. The van der Waals surface area contributed by atoms with Crippen LogP contribution in [0.5, 0.6) is 0 Å². The third kappa shape index (κ3) is 3.78. The molecule has 0 aliphatic rings. The zero-order chi connectivity index (χ0) is 22.6. The predicted octanol–water partition coefficient (Wildman–Crippen LogP) is 1.55. The summed E-state index contributed by atoms with van der Waals surface area (Å²) in [6.45, 7) is 0. The van der Waals surface area contributed by atoms with Crippen molar-refractivity contribution in [3.63, 3.8) is 0 Å². The maximum Gasteiger partial charge on any atom is 0.336 e. The summed E-state index contributed by atoms with van der Waals surface area (Å²) in [5.74, 6) is -6.77. The molecule has 30 heavy (non-hydrogen) atoms. The Balaban J connectivity index is 3.07. The Morgan fingerprint density at radius 2 is 1.13 bits per heavy atom. The lowest BCUT2D eigenvalue weighted by Gasteiger charge is -2.31. The minimum absolute atomic E-state index is 0.111. The second-order valence-corrected chi connectivity index (χ2v) is 6.24. The van der Waals surface area contributed by atoms with E-state index in [0.717, 1.165) is 36.4 Å². The van der Waals surface area contributed by atoms with E-state index in [0.29, 0.717) is 12.6 Å². The molecule has 0 radical (unpaired) electrons. The normalized spacial score (nSPS) is 10.8. The Hall–Kier alpha value is -4.34. The Bertz CT molecular complexity index is 1010. The summed E-state index contributed by atoms with van der Waals surface area (Å²) in [4.78, 5) is 69.6. The number of hydrogen-bond donors (Lipinski definition) is 4. The van der Waals surface area contributed by atoms with Crippen LogP contribution in [0.25, 0.3) is 0 Å². The van der Waals surface area contributed by atoms with Crippen LogP contribution in [-0.2, 0) is 15.0 Å². The second kappa shape index (κ2) is 8.35. The van der Waals surface area contributed by atoms with E-state index in [1.165, 1.54) is 0 Å². The van der Waals surface area contributed by atoms with Crippen LogP contribution in [0.15, 0.2) is 36.4 Å². The average Bonchev–Trinajstić information content (AvgIpc) is 2.70. The number of aliphatic carboxylic acids is 2. The quantitative estimate of drug-likeness (QED) is 0.439. The van der Waals surface area contributed by atoms with Gasteiger partial charge in [-0.3, -0.25) is 19.2 Å². The van der Waals surface area contributed by atoms with E-state index in [4.69, 9.17) is 0 Å². The molecule has 2 aromatic rings. The van der Waals surface area contributed by atoms with Gasteiger partial charge in [0.15, 0.2) is 0 Å². The van der Waals surface area contributed by atoms with Crippen molar-refractivity contribution in [2.45, 2.75) is 11.8 Å². The Kier molecular flexibility index (Phi) is 6.11. The molecule has 4 N–H and O–H groups in total. The SMILES string of the molecule is O=Cc1ccc(C(CC(=O)O)(C(=O)O)c2ccc(C=O)cc2C(=O)O)c(C(=O)O)c1. The predicted molar refractivity (Wildman–Crippen MR) is 98.2 cm³/mol. The van der Waals surface area contributed by atoms with Crippen LogP contribution >= 0.6 is 0 Å². The first-order valence-electron chi connectivity index (χ1n) is 8.19. The highest BCUT2D eigenvalue weighted by molar-refractivity contribution is 6.02. The summed E-state index contributed by atoms with van der Waals surface area (Å²) >= 11 is 0. The molecule has 2 rings (SSSR count). The highest BCUT2D eigenvalue weighted by Gasteiger charge is 2.48. The lowest BCUT2D eigenvalue weighted by Crippen LogP contribution is -2.42. The molecular formula is C20H14O10. The number of carboxylic acid groups (broad SMARTS) is 4. The van der Waals surface area contributed by atoms with Gasteiger partial charge in [0.2, 0.25) is 0 Å². The first-order chi connectivity index (χ1) is 14.1. The molecule has 0 heterocycles. The molecule has 0 atom stereocenters. The van der Waals surface area contributed by atoms with Gasteiger partial charge < -0.3 is 20.4 Å². The van der Waals surface area contributed by atoms with Gasteiger partial charge in [-0.15, -0.1) is 0 Å². The largest absolute Gasteiger partial charge is 0.481 e. The molecule has 2 aromatic carbocycles. The second-order valence-electron chi connectivity index (χ2n) is 6.24. The molecule has 154 valence electrons. The molecule has 0 aliphatic heterocycles. The van der Waals surface area contributed by atoms with E-state index in [2.05, 4.69) is 0 Å². The maximum absolute atomic E-state index is 12.4. The lowest BCUT2D eigenvalue weighted by molar-refractivity contribution is -0.148. The van der Waals surface area contributed by atoms with Gasteiger partial charge in [-0.2, -0.15) is 0 Å². The molecule has 10 heteroatoms. The van der Waals surface area contributed by atoms with Crippen LogP contribution in [0.3, 0.4) is 0 Å². The van der Waals surface area contributed by atoms with E-state index >= 15 is 0 Å². The van der Waals surface area contributed by atoms with Crippen molar-refractivity contribution in [3.05, 3.63) is 69.8 Å². The molecule has 0 spiro atoms. The molecule has 0 saturated carbocycles. The minimum Gasteiger partial charge on any atom is -0.481 e. The third-order valence-electron chi connectivity index (χ3n) is 4.52. The van der Waals surface area contributed by atoms with Crippen molar-refractivity contribution in [1.82, 2.24) is 0 Å². The standard InChI is InChI=1S/C20H14O10/c21-8-10-1-3-14(12(5-10)17(25)26)20(19(29)30,7-16(23)24)15-4-2-11(9-22)6-13(15)18(27)28/h1-6,8-9H,7H2,(H,23,24)(H,25,26)(H,27,28)(H,29,30). The van der Waals surface area contributed by atoms with Gasteiger partial charge in [0, 0.05) is 11.1 Å². The molecule has 0 bridgehead atoms. The molecule has 10 nitrogen and oxygen atoms in total. The topological polar surface area (TPSA) is 183 Å². The van der Waals surface area contributed by atoms with E-state index < -0.39 is 58.0 Å². The van der Waals surface area contributed by atoms with Crippen LogP contribution in [-0.4, -0.2) is 56.9 Å². The number of benzene rings is 2. The zero-order valence-electron chi connectivity index (χ0n) is 15.1. The van der Waals surface area contributed by atoms with Gasteiger partial charge in [0.1, 0.15) is 18.0 Å². The summed E-state index contributed by atoms with van der Waals surface area (Å²) in [5, 5.41) is 38.6. The van der Waals surface area contributed by atoms with Crippen molar-refractivity contribution in [3.8, 4) is 0 Å². The first kappa shape index (κ1) is 22.0. The highest BCUT2D eigenvalue weighted by atomic mass is 16.4. The number of aldehydes is 2. The number of carbonyl (C=O) groups is 6. The Morgan fingerprint density at radius 3 is 1.40 bits per heavy atom.